The molecule has 1 aliphatic heterocycles. The second-order valence-corrected chi connectivity index (χ2v) is 5.46. The van der Waals surface area contributed by atoms with Crippen LogP contribution in [0, 0.1) is 0 Å². The topological polar surface area (TPSA) is 41.6 Å². The van der Waals surface area contributed by atoms with E-state index in [1.807, 2.05) is 23.1 Å². The van der Waals surface area contributed by atoms with Gasteiger partial charge in [0, 0.05) is 17.1 Å². The quantitative estimate of drug-likeness (QED) is 0.904. The molecule has 0 bridgehead atoms. The van der Waals surface area contributed by atoms with Gasteiger partial charge in [-0.3, -0.25) is 4.79 Å². The van der Waals surface area contributed by atoms with Gasteiger partial charge in [-0.2, -0.15) is 0 Å². The summed E-state index contributed by atoms with van der Waals surface area (Å²) in [7, 11) is 1.63. The number of ether oxygens (including phenoxy) is 1. The Morgan fingerprint density at radius 1 is 1.53 bits per heavy atom. The molecule has 1 amide bonds. The second kappa shape index (κ2) is 6.39. The molecule has 4 nitrogen and oxygen atoms in total. The largest absolute Gasteiger partial charge is 0.497 e. The molecule has 104 valence electrons. The van der Waals surface area contributed by atoms with E-state index in [2.05, 4.69) is 28.2 Å². The molecule has 1 atom stereocenters. The molecular formula is C14H19BrN2O2. The first kappa shape index (κ1) is 14.3. The van der Waals surface area contributed by atoms with E-state index in [4.69, 9.17) is 4.74 Å². The Labute approximate surface area is 122 Å². The van der Waals surface area contributed by atoms with Gasteiger partial charge in [0.05, 0.1) is 18.8 Å². The van der Waals surface area contributed by atoms with E-state index in [0.717, 1.165) is 41.8 Å². The molecule has 1 aromatic rings. The molecule has 0 aromatic heterocycles. The number of nitrogens with zero attached hydrogens (tertiary/aromatic N) is 1. The molecule has 1 unspecified atom stereocenters. The van der Waals surface area contributed by atoms with Gasteiger partial charge in [-0.25, -0.2) is 0 Å². The first-order valence-corrected chi connectivity index (χ1v) is 7.35. The van der Waals surface area contributed by atoms with Crippen LogP contribution in [0.15, 0.2) is 22.7 Å². The van der Waals surface area contributed by atoms with Crippen molar-refractivity contribution in [3.05, 3.63) is 22.7 Å². The molecule has 19 heavy (non-hydrogen) atoms. The van der Waals surface area contributed by atoms with Gasteiger partial charge >= 0.3 is 0 Å². The summed E-state index contributed by atoms with van der Waals surface area (Å²) in [5, 5.41) is 3.29. The van der Waals surface area contributed by atoms with Gasteiger partial charge in [0.25, 0.3) is 0 Å². The number of anilines is 1. The van der Waals surface area contributed by atoms with Crippen molar-refractivity contribution < 1.29 is 9.53 Å². The Morgan fingerprint density at radius 2 is 2.32 bits per heavy atom. The number of nitrogens with one attached hydrogen (secondary N) is 1. The van der Waals surface area contributed by atoms with Crippen LogP contribution in [0.3, 0.4) is 0 Å². The summed E-state index contributed by atoms with van der Waals surface area (Å²) in [6.45, 7) is 3.72. The van der Waals surface area contributed by atoms with Crippen molar-refractivity contribution in [2.24, 2.45) is 0 Å². The molecule has 5 heteroatoms. The van der Waals surface area contributed by atoms with Crippen molar-refractivity contribution in [3.8, 4) is 5.75 Å². The zero-order valence-corrected chi connectivity index (χ0v) is 12.9. The first-order valence-electron chi connectivity index (χ1n) is 6.55. The summed E-state index contributed by atoms with van der Waals surface area (Å²) in [5.74, 6) is 0.901. The minimum Gasteiger partial charge on any atom is -0.497 e. The maximum Gasteiger partial charge on any atom is 0.244 e. The fraction of sp³-hybridized carbons (Fsp3) is 0.500. The summed E-state index contributed by atoms with van der Waals surface area (Å²) in [6, 6.07) is 5.62. The van der Waals surface area contributed by atoms with Crippen LogP contribution in [0.1, 0.15) is 19.8 Å². The lowest BCUT2D eigenvalue weighted by molar-refractivity contribution is -0.118. The van der Waals surface area contributed by atoms with E-state index in [9.17, 15) is 4.79 Å². The number of methoxy groups -OCH3 is 1. The van der Waals surface area contributed by atoms with Crippen molar-refractivity contribution in [1.82, 2.24) is 5.32 Å². The molecule has 1 aliphatic rings. The Kier molecular flexibility index (Phi) is 4.82. The Morgan fingerprint density at radius 3 is 3.00 bits per heavy atom. The van der Waals surface area contributed by atoms with Crippen molar-refractivity contribution in [3.63, 3.8) is 0 Å². The van der Waals surface area contributed by atoms with Crippen molar-refractivity contribution in [2.75, 3.05) is 25.1 Å². The molecule has 1 heterocycles. The fourth-order valence-corrected chi connectivity index (χ4v) is 2.71. The summed E-state index contributed by atoms with van der Waals surface area (Å²) >= 11 is 3.50. The Hall–Kier alpha value is -1.07. The van der Waals surface area contributed by atoms with Gasteiger partial charge in [0.1, 0.15) is 5.75 Å². The summed E-state index contributed by atoms with van der Waals surface area (Å²) in [4.78, 5) is 14.2. The molecule has 1 fully saturated rings. The van der Waals surface area contributed by atoms with E-state index in [0.29, 0.717) is 0 Å². The predicted molar refractivity (Wildman–Crippen MR) is 79.7 cm³/mol. The molecule has 0 spiro atoms. The maximum atomic E-state index is 12.4. The minimum atomic E-state index is -0.0574. The molecule has 1 saturated heterocycles. The van der Waals surface area contributed by atoms with Gasteiger partial charge in [0.15, 0.2) is 0 Å². The van der Waals surface area contributed by atoms with Gasteiger partial charge < -0.3 is 15.0 Å². The van der Waals surface area contributed by atoms with Gasteiger partial charge in [-0.1, -0.05) is 6.92 Å². The molecule has 2 rings (SSSR count). The lowest BCUT2D eigenvalue weighted by Crippen LogP contribution is -2.38. The van der Waals surface area contributed by atoms with Gasteiger partial charge in [0.2, 0.25) is 5.91 Å². The molecule has 1 aromatic carbocycles. The fourth-order valence-electron chi connectivity index (χ4n) is 2.25. The number of hydrogen-bond donors (Lipinski definition) is 1. The van der Waals surface area contributed by atoms with Crippen LogP contribution in [0.4, 0.5) is 5.69 Å². The third kappa shape index (κ3) is 3.09. The first-order chi connectivity index (χ1) is 9.17. The normalized spacial score (nSPS) is 19.0. The Bertz CT molecular complexity index is 465. The number of halogens is 1. The highest BCUT2D eigenvalue weighted by Crippen LogP contribution is 2.33. The summed E-state index contributed by atoms with van der Waals surface area (Å²) < 4.78 is 6.14. The monoisotopic (exact) mass is 326 g/mol. The number of hydrogen-bond acceptors (Lipinski definition) is 3. The van der Waals surface area contributed by atoms with E-state index < -0.39 is 0 Å². The van der Waals surface area contributed by atoms with Crippen LogP contribution >= 0.6 is 15.9 Å². The summed E-state index contributed by atoms with van der Waals surface area (Å²) in [5.41, 5.74) is 0.880. The average Bonchev–Trinajstić information content (AvgIpc) is 2.78. The highest BCUT2D eigenvalue weighted by molar-refractivity contribution is 9.10. The summed E-state index contributed by atoms with van der Waals surface area (Å²) in [6.07, 6.45) is 1.88. The number of amides is 1. The van der Waals surface area contributed by atoms with Crippen molar-refractivity contribution in [1.29, 1.82) is 0 Å². The van der Waals surface area contributed by atoms with Crippen LogP contribution in [0.2, 0.25) is 0 Å². The maximum absolute atomic E-state index is 12.4. The lowest BCUT2D eigenvalue weighted by Gasteiger charge is -2.19. The van der Waals surface area contributed by atoms with E-state index in [-0.39, 0.29) is 11.9 Å². The standard InChI is InChI=1S/C14H19BrN2O2/c1-3-7-16-12-6-8-17(14(12)18)13-9-10(19-2)4-5-11(13)15/h4-5,9,12,16H,3,6-8H2,1-2H3. The molecular weight excluding hydrogens is 308 g/mol. The average molecular weight is 327 g/mol. The SMILES string of the molecule is CCCNC1CCN(c2cc(OC)ccc2Br)C1=O. The zero-order chi connectivity index (χ0) is 13.8. The van der Waals surface area contributed by atoms with E-state index in [1.54, 1.807) is 7.11 Å². The lowest BCUT2D eigenvalue weighted by atomic mass is 10.2. The zero-order valence-electron chi connectivity index (χ0n) is 11.3. The smallest absolute Gasteiger partial charge is 0.244 e. The molecule has 0 saturated carbocycles. The number of carbonyl (C=O) groups excluding carboxylic acids is 1. The van der Waals surface area contributed by atoms with Crippen LogP contribution in [-0.2, 0) is 4.79 Å². The van der Waals surface area contributed by atoms with E-state index >= 15 is 0 Å². The van der Waals surface area contributed by atoms with Crippen molar-refractivity contribution in [2.45, 2.75) is 25.8 Å². The van der Waals surface area contributed by atoms with Crippen LogP contribution < -0.4 is 15.0 Å². The van der Waals surface area contributed by atoms with E-state index in [1.165, 1.54) is 0 Å². The van der Waals surface area contributed by atoms with Crippen molar-refractivity contribution >= 4 is 27.5 Å². The molecule has 0 aliphatic carbocycles. The van der Waals surface area contributed by atoms with Gasteiger partial charge in [-0.15, -0.1) is 0 Å². The number of carbonyl (C=O) groups is 1. The number of benzene rings is 1. The predicted octanol–water partition coefficient (Wildman–Crippen LogP) is 2.56. The molecule has 0 radical (unpaired) electrons. The number of rotatable bonds is 5. The third-order valence-corrected chi connectivity index (χ3v) is 3.96. The van der Waals surface area contributed by atoms with Crippen LogP contribution in [-0.4, -0.2) is 32.1 Å². The Balaban J connectivity index is 2.17. The highest BCUT2D eigenvalue weighted by atomic mass is 79.9. The van der Waals surface area contributed by atoms with Crippen LogP contribution in [0.25, 0.3) is 0 Å². The third-order valence-electron chi connectivity index (χ3n) is 3.29. The second-order valence-electron chi connectivity index (χ2n) is 4.60. The molecule has 1 N–H and O–H groups in total. The van der Waals surface area contributed by atoms with Crippen LogP contribution in [0.5, 0.6) is 5.75 Å². The van der Waals surface area contributed by atoms with Gasteiger partial charge in [-0.05, 0) is 47.4 Å². The highest BCUT2D eigenvalue weighted by Gasteiger charge is 2.32. The minimum absolute atomic E-state index is 0.0574.